The molecule has 0 aromatic carbocycles. The lowest BCUT2D eigenvalue weighted by Crippen LogP contribution is -2.47. The van der Waals surface area contributed by atoms with Crippen molar-refractivity contribution in [1.29, 1.82) is 0 Å². The molecular formula is C17H29N5O2. The van der Waals surface area contributed by atoms with E-state index in [9.17, 15) is 9.59 Å². The minimum Gasteiger partial charge on any atom is -0.338 e. The van der Waals surface area contributed by atoms with Gasteiger partial charge in [0.15, 0.2) is 0 Å². The predicted octanol–water partition coefficient (Wildman–Crippen LogP) is 1.53. The average molecular weight is 335 g/mol. The van der Waals surface area contributed by atoms with Crippen LogP contribution in [-0.4, -0.2) is 51.1 Å². The first-order valence-electron chi connectivity index (χ1n) is 8.49. The topological polar surface area (TPSA) is 79.3 Å². The van der Waals surface area contributed by atoms with Crippen LogP contribution in [0.25, 0.3) is 0 Å². The highest BCUT2D eigenvalue weighted by molar-refractivity contribution is 5.82. The van der Waals surface area contributed by atoms with E-state index in [2.05, 4.69) is 27.1 Å². The number of likely N-dealkylation sites (tertiary alicyclic amines) is 1. The molecule has 2 rings (SSSR count). The van der Waals surface area contributed by atoms with E-state index in [0.29, 0.717) is 25.4 Å². The van der Waals surface area contributed by atoms with Crippen LogP contribution >= 0.6 is 0 Å². The number of imidazole rings is 1. The van der Waals surface area contributed by atoms with Crippen molar-refractivity contribution in [3.63, 3.8) is 0 Å². The van der Waals surface area contributed by atoms with Gasteiger partial charge in [-0.1, -0.05) is 6.92 Å². The van der Waals surface area contributed by atoms with Crippen LogP contribution in [0, 0.1) is 12.8 Å². The van der Waals surface area contributed by atoms with Gasteiger partial charge in [-0.3, -0.25) is 4.79 Å². The average Bonchev–Trinajstić information content (AvgIpc) is 3.03. The van der Waals surface area contributed by atoms with Gasteiger partial charge in [0.1, 0.15) is 5.82 Å². The Morgan fingerprint density at radius 3 is 2.71 bits per heavy atom. The highest BCUT2D eigenvalue weighted by Gasteiger charge is 2.36. The van der Waals surface area contributed by atoms with Crippen LogP contribution in [0.4, 0.5) is 4.79 Å². The van der Waals surface area contributed by atoms with E-state index in [1.807, 2.05) is 38.8 Å². The summed E-state index contributed by atoms with van der Waals surface area (Å²) < 4.78 is 2.07. The van der Waals surface area contributed by atoms with E-state index in [1.165, 1.54) is 0 Å². The van der Waals surface area contributed by atoms with E-state index in [4.69, 9.17) is 0 Å². The number of carbonyl (C=O) groups excluding carboxylic acids is 2. The van der Waals surface area contributed by atoms with Gasteiger partial charge in [0.05, 0.1) is 6.04 Å². The van der Waals surface area contributed by atoms with Crippen molar-refractivity contribution < 1.29 is 9.59 Å². The lowest BCUT2D eigenvalue weighted by Gasteiger charge is -2.32. The Hall–Kier alpha value is -2.05. The van der Waals surface area contributed by atoms with Crippen LogP contribution in [0.3, 0.4) is 0 Å². The van der Waals surface area contributed by atoms with Gasteiger partial charge in [-0.2, -0.15) is 0 Å². The molecule has 1 aliphatic rings. The Morgan fingerprint density at radius 1 is 1.46 bits per heavy atom. The van der Waals surface area contributed by atoms with Crippen molar-refractivity contribution in [1.82, 2.24) is 25.1 Å². The fraction of sp³-hybridized carbons (Fsp3) is 0.706. The molecule has 24 heavy (non-hydrogen) atoms. The van der Waals surface area contributed by atoms with Gasteiger partial charge in [0, 0.05) is 44.0 Å². The zero-order valence-electron chi connectivity index (χ0n) is 15.3. The number of urea groups is 1. The first-order chi connectivity index (χ1) is 11.2. The molecule has 1 aromatic heterocycles. The van der Waals surface area contributed by atoms with Crippen molar-refractivity contribution in [3.8, 4) is 0 Å². The maximum atomic E-state index is 12.1. The SMILES string of the molecule is Cc1nccn1C[C@@H](C)CNC(=O)N[C@@H]1CC(=O)N(C(C)(C)C)C1. The zero-order valence-corrected chi connectivity index (χ0v) is 15.3. The van der Waals surface area contributed by atoms with Crippen molar-refractivity contribution in [2.45, 2.75) is 59.2 Å². The van der Waals surface area contributed by atoms with Crippen LogP contribution in [0.5, 0.6) is 0 Å². The molecular weight excluding hydrogens is 306 g/mol. The van der Waals surface area contributed by atoms with Crippen molar-refractivity contribution in [2.24, 2.45) is 5.92 Å². The molecule has 0 spiro atoms. The number of nitrogens with one attached hydrogen (secondary N) is 2. The van der Waals surface area contributed by atoms with Crippen LogP contribution in [0.2, 0.25) is 0 Å². The number of rotatable bonds is 5. The molecule has 1 saturated heterocycles. The monoisotopic (exact) mass is 335 g/mol. The maximum absolute atomic E-state index is 12.1. The van der Waals surface area contributed by atoms with Crippen molar-refractivity contribution in [2.75, 3.05) is 13.1 Å². The third kappa shape index (κ3) is 4.72. The maximum Gasteiger partial charge on any atom is 0.315 e. The third-order valence-electron chi connectivity index (χ3n) is 4.31. The molecule has 134 valence electrons. The molecule has 1 aliphatic heterocycles. The number of carbonyl (C=O) groups is 2. The summed E-state index contributed by atoms with van der Waals surface area (Å²) in [6, 6.07) is -0.333. The van der Waals surface area contributed by atoms with Gasteiger partial charge >= 0.3 is 6.03 Å². The van der Waals surface area contributed by atoms with Gasteiger partial charge in [0.25, 0.3) is 0 Å². The molecule has 2 heterocycles. The summed E-state index contributed by atoms with van der Waals surface area (Å²) in [7, 11) is 0. The zero-order chi connectivity index (χ0) is 17.9. The van der Waals surface area contributed by atoms with E-state index in [0.717, 1.165) is 12.4 Å². The minimum absolute atomic E-state index is 0.0942. The molecule has 3 amide bonds. The van der Waals surface area contributed by atoms with E-state index >= 15 is 0 Å². The number of hydrogen-bond donors (Lipinski definition) is 2. The quantitative estimate of drug-likeness (QED) is 0.856. The molecule has 0 aliphatic carbocycles. The van der Waals surface area contributed by atoms with Gasteiger partial charge in [-0.05, 0) is 33.6 Å². The van der Waals surface area contributed by atoms with Gasteiger partial charge in [-0.15, -0.1) is 0 Å². The molecule has 7 nitrogen and oxygen atoms in total. The lowest BCUT2D eigenvalue weighted by atomic mass is 10.1. The van der Waals surface area contributed by atoms with Gasteiger partial charge < -0.3 is 20.1 Å². The smallest absolute Gasteiger partial charge is 0.315 e. The van der Waals surface area contributed by atoms with Crippen molar-refractivity contribution >= 4 is 11.9 Å². The fourth-order valence-corrected chi connectivity index (χ4v) is 2.95. The summed E-state index contributed by atoms with van der Waals surface area (Å²) >= 11 is 0. The molecule has 7 heteroatoms. The summed E-state index contributed by atoms with van der Waals surface area (Å²) in [5, 5.41) is 5.80. The standard InChI is InChI=1S/C17H29N5O2/c1-12(10-21-7-6-18-13(21)2)9-19-16(24)20-14-8-15(23)22(11-14)17(3,4)5/h6-7,12,14H,8-11H2,1-5H3,(H2,19,20,24)/t12-,14+/m0/s1. The molecule has 1 aromatic rings. The Bertz CT molecular complexity index is 590. The number of aryl methyl sites for hydroxylation is 1. The highest BCUT2D eigenvalue weighted by atomic mass is 16.2. The Kier molecular flexibility index (Phi) is 5.51. The largest absolute Gasteiger partial charge is 0.338 e. The number of aromatic nitrogens is 2. The first kappa shape index (κ1) is 18.3. The second kappa shape index (κ2) is 7.23. The lowest BCUT2D eigenvalue weighted by molar-refractivity contribution is -0.131. The normalized spacial score (nSPS) is 19.5. The van der Waals surface area contributed by atoms with E-state index in [-0.39, 0.29) is 23.5 Å². The van der Waals surface area contributed by atoms with E-state index < -0.39 is 0 Å². The number of nitrogens with zero attached hydrogens (tertiary/aromatic N) is 3. The van der Waals surface area contributed by atoms with Crippen LogP contribution in [0.1, 0.15) is 39.9 Å². The number of amides is 3. The highest BCUT2D eigenvalue weighted by Crippen LogP contribution is 2.21. The summed E-state index contributed by atoms with van der Waals surface area (Å²) in [5.41, 5.74) is -0.207. The van der Waals surface area contributed by atoms with Crippen LogP contribution in [-0.2, 0) is 11.3 Å². The van der Waals surface area contributed by atoms with Crippen LogP contribution < -0.4 is 10.6 Å². The number of hydrogen-bond acceptors (Lipinski definition) is 3. The first-order valence-corrected chi connectivity index (χ1v) is 8.49. The fourth-order valence-electron chi connectivity index (χ4n) is 2.95. The summed E-state index contributed by atoms with van der Waals surface area (Å²) in [5.74, 6) is 1.36. The minimum atomic E-state index is -0.210. The second-order valence-electron chi connectivity index (χ2n) is 7.66. The molecule has 2 N–H and O–H groups in total. The van der Waals surface area contributed by atoms with Crippen LogP contribution in [0.15, 0.2) is 12.4 Å². The van der Waals surface area contributed by atoms with Crippen molar-refractivity contribution in [3.05, 3.63) is 18.2 Å². The molecule has 2 atom stereocenters. The molecule has 0 radical (unpaired) electrons. The Morgan fingerprint density at radius 2 is 2.17 bits per heavy atom. The summed E-state index contributed by atoms with van der Waals surface area (Å²) in [6.07, 6.45) is 4.09. The molecule has 1 fully saturated rings. The third-order valence-corrected chi connectivity index (χ3v) is 4.31. The molecule has 0 unspecified atom stereocenters. The van der Waals surface area contributed by atoms with E-state index in [1.54, 1.807) is 6.20 Å². The Labute approximate surface area is 143 Å². The van der Waals surface area contributed by atoms with Gasteiger partial charge in [-0.25, -0.2) is 9.78 Å². The Balaban J connectivity index is 1.74. The summed E-state index contributed by atoms with van der Waals surface area (Å²) in [6.45, 7) is 12.0. The molecule has 0 bridgehead atoms. The predicted molar refractivity (Wildman–Crippen MR) is 92.5 cm³/mol. The molecule has 0 saturated carbocycles. The summed E-state index contributed by atoms with van der Waals surface area (Å²) in [4.78, 5) is 30.1. The second-order valence-corrected chi connectivity index (χ2v) is 7.66. The van der Waals surface area contributed by atoms with Gasteiger partial charge in [0.2, 0.25) is 5.91 Å².